The molecule has 2 saturated carbocycles. The Morgan fingerprint density at radius 2 is 1.46 bits per heavy atom. The van der Waals surface area contributed by atoms with Gasteiger partial charge in [0, 0.05) is 0 Å². The fourth-order valence-corrected chi connectivity index (χ4v) is 5.24. The van der Waals surface area contributed by atoms with Crippen molar-refractivity contribution in [2.45, 2.75) is 77.3 Å². The number of hydrogen-bond acceptors (Lipinski definition) is 1. The molecule has 0 aromatic heterocycles. The monoisotopic (exact) mass is 400 g/mol. The van der Waals surface area contributed by atoms with E-state index in [1.54, 1.807) is 0 Å². The van der Waals surface area contributed by atoms with Gasteiger partial charge in [0.2, 0.25) is 0 Å². The normalized spacial score (nSPS) is 28.9. The van der Waals surface area contributed by atoms with Gasteiger partial charge in [-0.25, -0.2) is 4.39 Å². The molecule has 28 heavy (non-hydrogen) atoms. The average Bonchev–Trinajstić information content (AvgIpc) is 2.68. The molecule has 2 fully saturated rings. The van der Waals surface area contributed by atoms with Crippen LogP contribution in [0.25, 0.3) is 0 Å². The summed E-state index contributed by atoms with van der Waals surface area (Å²) >= 11 is 0. The minimum absolute atomic E-state index is 0.259. The molecule has 0 atom stereocenters. The van der Waals surface area contributed by atoms with Crippen LogP contribution in [0.15, 0.2) is 18.2 Å². The zero-order valence-electron chi connectivity index (χ0n) is 16.7. The molecule has 0 bridgehead atoms. The second-order valence-electron chi connectivity index (χ2n) is 8.80. The molecule has 1 aromatic rings. The third kappa shape index (κ3) is 5.64. The Kier molecular flexibility index (Phi) is 7.27. The van der Waals surface area contributed by atoms with Gasteiger partial charge in [-0.15, -0.1) is 0 Å². The first-order valence-electron chi connectivity index (χ1n) is 10.9. The fraction of sp³-hybridized carbons (Fsp3) is 0.739. The van der Waals surface area contributed by atoms with Crippen molar-refractivity contribution in [3.05, 3.63) is 29.6 Å². The van der Waals surface area contributed by atoms with Crippen LogP contribution in [-0.4, -0.2) is 6.61 Å². The lowest BCUT2D eigenvalue weighted by Gasteiger charge is -2.37. The standard InChI is InChI=1S/C23H32F4O/c1-2-3-16-4-8-18(9-5-16)19-10-6-17(7-11-19)15-28-22-13-12-20(24)14-21(22)23(25,26)27/h12-14,16-19H,2-11,15H2,1H3. The fourth-order valence-electron chi connectivity index (χ4n) is 5.24. The molecule has 0 saturated heterocycles. The van der Waals surface area contributed by atoms with E-state index < -0.39 is 17.6 Å². The number of rotatable bonds is 6. The van der Waals surface area contributed by atoms with Crippen LogP contribution >= 0.6 is 0 Å². The number of alkyl halides is 3. The van der Waals surface area contributed by atoms with Crippen LogP contribution in [0.1, 0.15) is 76.7 Å². The van der Waals surface area contributed by atoms with E-state index in [0.717, 1.165) is 55.6 Å². The predicted molar refractivity (Wildman–Crippen MR) is 103 cm³/mol. The molecule has 3 rings (SSSR count). The summed E-state index contributed by atoms with van der Waals surface area (Å²) in [6.07, 6.45) is 7.82. The van der Waals surface area contributed by atoms with Crippen LogP contribution in [0.2, 0.25) is 0 Å². The SMILES string of the molecule is CCCC1CCC(C2CCC(COc3ccc(F)cc3C(F)(F)F)CC2)CC1. The molecule has 0 N–H and O–H groups in total. The van der Waals surface area contributed by atoms with Gasteiger partial charge in [-0.3, -0.25) is 0 Å². The molecule has 2 aliphatic rings. The van der Waals surface area contributed by atoms with Crippen molar-refractivity contribution in [3.8, 4) is 5.75 Å². The third-order valence-corrected chi connectivity index (χ3v) is 6.87. The molecule has 0 amide bonds. The maximum atomic E-state index is 13.2. The minimum atomic E-state index is -4.61. The van der Waals surface area contributed by atoms with E-state index in [9.17, 15) is 17.6 Å². The molecule has 1 nitrogen and oxygen atoms in total. The zero-order valence-corrected chi connectivity index (χ0v) is 16.7. The topological polar surface area (TPSA) is 9.23 Å². The van der Waals surface area contributed by atoms with Crippen LogP contribution < -0.4 is 4.74 Å². The molecule has 158 valence electrons. The summed E-state index contributed by atoms with van der Waals surface area (Å²) in [5, 5.41) is 0. The van der Waals surface area contributed by atoms with Gasteiger partial charge in [-0.2, -0.15) is 13.2 Å². The molecule has 2 aliphatic carbocycles. The summed E-state index contributed by atoms with van der Waals surface area (Å²) in [6.45, 7) is 2.55. The van der Waals surface area contributed by atoms with E-state index in [-0.39, 0.29) is 12.4 Å². The van der Waals surface area contributed by atoms with Gasteiger partial charge >= 0.3 is 6.18 Å². The highest BCUT2D eigenvalue weighted by Crippen LogP contribution is 2.43. The first kappa shape index (κ1) is 21.4. The maximum absolute atomic E-state index is 13.2. The van der Waals surface area contributed by atoms with E-state index in [1.165, 1.54) is 38.5 Å². The smallest absolute Gasteiger partial charge is 0.420 e. The van der Waals surface area contributed by atoms with Crippen LogP contribution in [0, 0.1) is 29.5 Å². The molecular weight excluding hydrogens is 368 g/mol. The number of ether oxygens (including phenoxy) is 1. The second kappa shape index (κ2) is 9.49. The van der Waals surface area contributed by atoms with Crippen molar-refractivity contribution >= 4 is 0 Å². The van der Waals surface area contributed by atoms with Gasteiger partial charge < -0.3 is 4.74 Å². The Hall–Kier alpha value is -1.26. The summed E-state index contributed by atoms with van der Waals surface area (Å²) in [4.78, 5) is 0. The second-order valence-corrected chi connectivity index (χ2v) is 8.80. The number of halogens is 4. The summed E-state index contributed by atoms with van der Waals surface area (Å²) in [7, 11) is 0. The van der Waals surface area contributed by atoms with Crippen molar-refractivity contribution in [2.75, 3.05) is 6.61 Å². The Balaban J connectivity index is 1.46. The number of hydrogen-bond donors (Lipinski definition) is 0. The highest BCUT2D eigenvalue weighted by atomic mass is 19.4. The zero-order chi connectivity index (χ0) is 20.1. The van der Waals surface area contributed by atoms with Gasteiger partial charge in [0.1, 0.15) is 17.1 Å². The van der Waals surface area contributed by atoms with Crippen LogP contribution in [0.4, 0.5) is 17.6 Å². The molecule has 0 heterocycles. The van der Waals surface area contributed by atoms with E-state index in [1.807, 2.05) is 0 Å². The Bertz CT molecular complexity index is 612. The highest BCUT2D eigenvalue weighted by Gasteiger charge is 2.35. The summed E-state index contributed by atoms with van der Waals surface area (Å²) < 4.78 is 57.9. The Morgan fingerprint density at radius 1 is 0.893 bits per heavy atom. The van der Waals surface area contributed by atoms with Crippen molar-refractivity contribution in [3.63, 3.8) is 0 Å². The maximum Gasteiger partial charge on any atom is 0.420 e. The highest BCUT2D eigenvalue weighted by molar-refractivity contribution is 5.36. The van der Waals surface area contributed by atoms with Gasteiger partial charge in [0.15, 0.2) is 0 Å². The van der Waals surface area contributed by atoms with Gasteiger partial charge in [-0.1, -0.05) is 32.6 Å². The van der Waals surface area contributed by atoms with E-state index in [2.05, 4.69) is 6.92 Å². The first-order chi connectivity index (χ1) is 13.4. The quantitative estimate of drug-likeness (QED) is 0.446. The molecule has 1 aromatic carbocycles. The third-order valence-electron chi connectivity index (χ3n) is 6.87. The largest absolute Gasteiger partial charge is 0.493 e. The van der Waals surface area contributed by atoms with Gasteiger partial charge in [0.25, 0.3) is 0 Å². The molecule has 5 heteroatoms. The molecule has 0 aliphatic heterocycles. The van der Waals surface area contributed by atoms with Crippen molar-refractivity contribution in [1.82, 2.24) is 0 Å². The lowest BCUT2D eigenvalue weighted by atomic mass is 9.69. The minimum Gasteiger partial charge on any atom is -0.493 e. The lowest BCUT2D eigenvalue weighted by molar-refractivity contribution is -0.139. The van der Waals surface area contributed by atoms with Gasteiger partial charge in [-0.05, 0) is 80.4 Å². The summed E-state index contributed by atoms with van der Waals surface area (Å²) in [5.41, 5.74) is -1.02. The van der Waals surface area contributed by atoms with Crippen LogP contribution in [0.3, 0.4) is 0 Å². The van der Waals surface area contributed by atoms with Crippen molar-refractivity contribution in [2.24, 2.45) is 23.7 Å². The average molecular weight is 401 g/mol. The Labute approximate surface area is 165 Å². The predicted octanol–water partition coefficient (Wildman–Crippen LogP) is 7.64. The molecule has 0 spiro atoms. The number of benzene rings is 1. The Morgan fingerprint density at radius 3 is 2.00 bits per heavy atom. The van der Waals surface area contributed by atoms with Crippen molar-refractivity contribution < 1.29 is 22.3 Å². The molecule has 0 unspecified atom stereocenters. The molecule has 0 radical (unpaired) electrons. The first-order valence-corrected chi connectivity index (χ1v) is 10.9. The summed E-state index contributed by atoms with van der Waals surface area (Å²) in [6, 6.07) is 2.63. The lowest BCUT2D eigenvalue weighted by Crippen LogP contribution is -2.27. The molecular formula is C23H32F4O. The van der Waals surface area contributed by atoms with E-state index in [0.29, 0.717) is 12.0 Å². The van der Waals surface area contributed by atoms with Gasteiger partial charge in [0.05, 0.1) is 6.61 Å². The van der Waals surface area contributed by atoms with Crippen LogP contribution in [-0.2, 0) is 6.18 Å². The van der Waals surface area contributed by atoms with E-state index >= 15 is 0 Å². The van der Waals surface area contributed by atoms with E-state index in [4.69, 9.17) is 4.74 Å². The van der Waals surface area contributed by atoms with Crippen LogP contribution in [0.5, 0.6) is 5.75 Å². The summed E-state index contributed by atoms with van der Waals surface area (Å²) in [5.74, 6) is 1.67. The van der Waals surface area contributed by atoms with Crippen molar-refractivity contribution in [1.29, 1.82) is 0 Å².